The Morgan fingerprint density at radius 3 is 2.89 bits per heavy atom. The maximum Gasteiger partial charge on any atom is 0.319 e. The molecular formula is C14H21N3O. The number of anilines is 1. The Morgan fingerprint density at radius 1 is 1.39 bits per heavy atom. The highest BCUT2D eigenvalue weighted by Gasteiger charge is 2.19. The second kappa shape index (κ2) is 6.40. The molecule has 0 radical (unpaired) electrons. The predicted octanol–water partition coefficient (Wildman–Crippen LogP) is 2.25. The smallest absolute Gasteiger partial charge is 0.319 e. The third-order valence-electron chi connectivity index (χ3n) is 3.29. The van der Waals surface area contributed by atoms with Gasteiger partial charge < -0.3 is 16.4 Å². The van der Waals surface area contributed by atoms with E-state index in [9.17, 15) is 4.79 Å². The van der Waals surface area contributed by atoms with Gasteiger partial charge in [-0.2, -0.15) is 0 Å². The van der Waals surface area contributed by atoms with Crippen LogP contribution in [-0.4, -0.2) is 18.6 Å². The minimum Gasteiger partial charge on any atom is -0.335 e. The van der Waals surface area contributed by atoms with Crippen molar-refractivity contribution < 1.29 is 4.79 Å². The van der Waals surface area contributed by atoms with Crippen LogP contribution in [0.5, 0.6) is 0 Å². The summed E-state index contributed by atoms with van der Waals surface area (Å²) >= 11 is 0. The van der Waals surface area contributed by atoms with E-state index in [1.165, 1.54) is 12.0 Å². The van der Waals surface area contributed by atoms with Gasteiger partial charge in [0.05, 0.1) is 0 Å². The van der Waals surface area contributed by atoms with Crippen molar-refractivity contribution in [1.82, 2.24) is 5.32 Å². The van der Waals surface area contributed by atoms with Crippen molar-refractivity contribution >= 4 is 11.7 Å². The molecule has 98 valence electrons. The third-order valence-corrected chi connectivity index (χ3v) is 3.29. The molecule has 2 amide bonds. The number of rotatable bonds is 5. The minimum atomic E-state index is -0.101. The van der Waals surface area contributed by atoms with Gasteiger partial charge in [0.1, 0.15) is 0 Å². The molecule has 18 heavy (non-hydrogen) atoms. The molecule has 0 heterocycles. The van der Waals surface area contributed by atoms with Gasteiger partial charge >= 0.3 is 6.03 Å². The van der Waals surface area contributed by atoms with Crippen LogP contribution in [-0.2, 0) is 6.42 Å². The van der Waals surface area contributed by atoms with Crippen molar-refractivity contribution in [3.8, 4) is 0 Å². The molecule has 1 aromatic carbocycles. The van der Waals surface area contributed by atoms with Crippen LogP contribution in [0.25, 0.3) is 0 Å². The SMILES string of the molecule is NCCCc1cccc(NC(=O)NC2CCC2)c1. The summed E-state index contributed by atoms with van der Waals surface area (Å²) in [4.78, 5) is 11.7. The van der Waals surface area contributed by atoms with E-state index in [-0.39, 0.29) is 6.03 Å². The second-order valence-electron chi connectivity index (χ2n) is 4.82. The third kappa shape index (κ3) is 3.74. The van der Waals surface area contributed by atoms with Gasteiger partial charge in [0.15, 0.2) is 0 Å². The molecule has 0 saturated heterocycles. The average Bonchev–Trinajstić information content (AvgIpc) is 2.32. The first-order chi connectivity index (χ1) is 8.78. The van der Waals surface area contributed by atoms with Gasteiger partial charge in [0, 0.05) is 11.7 Å². The summed E-state index contributed by atoms with van der Waals surface area (Å²) in [5.74, 6) is 0. The first-order valence-corrected chi connectivity index (χ1v) is 6.64. The van der Waals surface area contributed by atoms with E-state index in [4.69, 9.17) is 5.73 Å². The summed E-state index contributed by atoms with van der Waals surface area (Å²) in [6, 6.07) is 8.21. The Bertz CT molecular complexity index is 402. The van der Waals surface area contributed by atoms with E-state index in [0.717, 1.165) is 31.4 Å². The highest BCUT2D eigenvalue weighted by atomic mass is 16.2. The maximum absolute atomic E-state index is 11.7. The lowest BCUT2D eigenvalue weighted by Gasteiger charge is -2.26. The van der Waals surface area contributed by atoms with Gasteiger partial charge in [-0.15, -0.1) is 0 Å². The number of carbonyl (C=O) groups is 1. The Balaban J connectivity index is 1.85. The van der Waals surface area contributed by atoms with Crippen LogP contribution in [0.3, 0.4) is 0 Å². The van der Waals surface area contributed by atoms with Crippen molar-refractivity contribution in [2.24, 2.45) is 5.73 Å². The number of aryl methyl sites for hydroxylation is 1. The number of hydrogen-bond donors (Lipinski definition) is 3. The van der Waals surface area contributed by atoms with Gasteiger partial charge in [-0.25, -0.2) is 4.79 Å². The quantitative estimate of drug-likeness (QED) is 0.747. The molecule has 0 aliphatic heterocycles. The number of nitrogens with one attached hydrogen (secondary N) is 2. The zero-order chi connectivity index (χ0) is 12.8. The number of nitrogens with two attached hydrogens (primary N) is 1. The number of urea groups is 1. The van der Waals surface area contributed by atoms with Gasteiger partial charge in [-0.3, -0.25) is 0 Å². The lowest BCUT2D eigenvalue weighted by atomic mass is 9.93. The number of amides is 2. The number of carbonyl (C=O) groups excluding carboxylic acids is 1. The van der Waals surface area contributed by atoms with Gasteiger partial charge in [0.25, 0.3) is 0 Å². The summed E-state index contributed by atoms with van der Waals surface area (Å²) in [6.07, 6.45) is 5.35. The van der Waals surface area contributed by atoms with Crippen LogP contribution in [0.2, 0.25) is 0 Å². The Kier molecular flexibility index (Phi) is 4.59. The molecule has 1 aromatic rings. The number of hydrogen-bond acceptors (Lipinski definition) is 2. The van der Waals surface area contributed by atoms with E-state index in [2.05, 4.69) is 16.7 Å². The van der Waals surface area contributed by atoms with Crippen LogP contribution in [0.1, 0.15) is 31.2 Å². The van der Waals surface area contributed by atoms with Crippen molar-refractivity contribution in [1.29, 1.82) is 0 Å². The normalized spacial score (nSPS) is 14.9. The van der Waals surface area contributed by atoms with Crippen LogP contribution in [0.4, 0.5) is 10.5 Å². The molecule has 1 fully saturated rings. The molecule has 1 aliphatic carbocycles. The first-order valence-electron chi connectivity index (χ1n) is 6.64. The molecule has 0 unspecified atom stereocenters. The molecule has 1 saturated carbocycles. The van der Waals surface area contributed by atoms with Crippen molar-refractivity contribution in [3.05, 3.63) is 29.8 Å². The van der Waals surface area contributed by atoms with Crippen molar-refractivity contribution in [3.63, 3.8) is 0 Å². The van der Waals surface area contributed by atoms with Crippen molar-refractivity contribution in [2.75, 3.05) is 11.9 Å². The summed E-state index contributed by atoms with van der Waals surface area (Å²) in [5.41, 5.74) is 7.55. The van der Waals surface area contributed by atoms with Crippen LogP contribution < -0.4 is 16.4 Å². The second-order valence-corrected chi connectivity index (χ2v) is 4.82. The fourth-order valence-corrected chi connectivity index (χ4v) is 2.02. The molecule has 0 spiro atoms. The highest BCUT2D eigenvalue weighted by molar-refractivity contribution is 5.89. The Labute approximate surface area is 108 Å². The van der Waals surface area contributed by atoms with E-state index in [1.54, 1.807) is 0 Å². The first kappa shape index (κ1) is 12.9. The fourth-order valence-electron chi connectivity index (χ4n) is 2.02. The van der Waals surface area contributed by atoms with E-state index in [0.29, 0.717) is 12.6 Å². The van der Waals surface area contributed by atoms with Crippen molar-refractivity contribution in [2.45, 2.75) is 38.1 Å². The summed E-state index contributed by atoms with van der Waals surface area (Å²) in [7, 11) is 0. The molecule has 2 rings (SSSR count). The Morgan fingerprint density at radius 2 is 2.22 bits per heavy atom. The monoisotopic (exact) mass is 247 g/mol. The van der Waals surface area contributed by atoms with Gasteiger partial charge in [-0.05, 0) is 56.3 Å². The Hall–Kier alpha value is -1.55. The van der Waals surface area contributed by atoms with Gasteiger partial charge in [-0.1, -0.05) is 12.1 Å². The largest absolute Gasteiger partial charge is 0.335 e. The molecule has 4 N–H and O–H groups in total. The summed E-state index contributed by atoms with van der Waals surface area (Å²) in [5, 5.41) is 5.83. The standard InChI is InChI=1S/C14H21N3O/c15-9-3-5-11-4-1-8-13(10-11)17-14(18)16-12-6-2-7-12/h1,4,8,10,12H,2-3,5-7,9,15H2,(H2,16,17,18). The molecular weight excluding hydrogens is 226 g/mol. The molecule has 1 aliphatic rings. The van der Waals surface area contributed by atoms with Crippen LogP contribution in [0.15, 0.2) is 24.3 Å². The average molecular weight is 247 g/mol. The zero-order valence-electron chi connectivity index (χ0n) is 10.6. The molecule has 0 atom stereocenters. The minimum absolute atomic E-state index is 0.101. The molecule has 0 aromatic heterocycles. The van der Waals surface area contributed by atoms with Crippen LogP contribution in [0, 0.1) is 0 Å². The molecule has 4 nitrogen and oxygen atoms in total. The van der Waals surface area contributed by atoms with Crippen LogP contribution >= 0.6 is 0 Å². The topological polar surface area (TPSA) is 67.1 Å². The lowest BCUT2D eigenvalue weighted by molar-refractivity contribution is 0.240. The lowest BCUT2D eigenvalue weighted by Crippen LogP contribution is -2.41. The number of benzene rings is 1. The predicted molar refractivity (Wildman–Crippen MR) is 73.6 cm³/mol. The van der Waals surface area contributed by atoms with E-state index in [1.807, 2.05) is 18.2 Å². The van der Waals surface area contributed by atoms with E-state index >= 15 is 0 Å². The van der Waals surface area contributed by atoms with Gasteiger partial charge in [0.2, 0.25) is 0 Å². The van der Waals surface area contributed by atoms with E-state index < -0.39 is 0 Å². The summed E-state index contributed by atoms with van der Waals surface area (Å²) < 4.78 is 0. The highest BCUT2D eigenvalue weighted by Crippen LogP contribution is 2.18. The summed E-state index contributed by atoms with van der Waals surface area (Å²) in [6.45, 7) is 0.694. The molecule has 0 bridgehead atoms. The zero-order valence-corrected chi connectivity index (χ0v) is 10.6. The molecule has 4 heteroatoms. The maximum atomic E-state index is 11.7. The fraction of sp³-hybridized carbons (Fsp3) is 0.500.